The maximum absolute atomic E-state index is 13.0. The predicted octanol–water partition coefficient (Wildman–Crippen LogP) is 2.74. The molecule has 0 unspecified atom stereocenters. The van der Waals surface area contributed by atoms with Crippen molar-refractivity contribution < 1.29 is 23.9 Å². The van der Waals surface area contributed by atoms with Gasteiger partial charge in [0.25, 0.3) is 5.91 Å². The van der Waals surface area contributed by atoms with Crippen LogP contribution < -0.4 is 20.1 Å². The van der Waals surface area contributed by atoms with Crippen LogP contribution in [-0.2, 0) is 15.1 Å². The number of imide groups is 1. The summed E-state index contributed by atoms with van der Waals surface area (Å²) < 4.78 is 10.6. The lowest BCUT2D eigenvalue weighted by Crippen LogP contribution is -2.43. The van der Waals surface area contributed by atoms with Crippen molar-refractivity contribution in [1.29, 1.82) is 0 Å². The third-order valence-corrected chi connectivity index (χ3v) is 6.30. The quantitative estimate of drug-likeness (QED) is 0.374. The molecule has 1 saturated heterocycles. The number of ether oxygens (including phenoxy) is 2. The van der Waals surface area contributed by atoms with Crippen LogP contribution in [0, 0.1) is 0 Å². The summed E-state index contributed by atoms with van der Waals surface area (Å²) >= 11 is 7.43. The highest BCUT2D eigenvalue weighted by molar-refractivity contribution is 7.99. The number of urea groups is 1. The Kier molecular flexibility index (Phi) is 5.97. The van der Waals surface area contributed by atoms with E-state index in [1.54, 1.807) is 49.0 Å². The van der Waals surface area contributed by atoms with Gasteiger partial charge in [-0.1, -0.05) is 17.7 Å². The number of benzene rings is 2. The van der Waals surface area contributed by atoms with Gasteiger partial charge >= 0.3 is 6.03 Å². The molecule has 4 rings (SSSR count). The van der Waals surface area contributed by atoms with Crippen LogP contribution in [0.5, 0.6) is 11.5 Å². The zero-order valence-corrected chi connectivity index (χ0v) is 18.2. The molecule has 1 atom stereocenters. The van der Waals surface area contributed by atoms with Crippen LogP contribution in [0.1, 0.15) is 12.5 Å². The summed E-state index contributed by atoms with van der Waals surface area (Å²) in [5, 5.41) is 6.09. The first-order chi connectivity index (χ1) is 14.9. The zero-order valence-electron chi connectivity index (χ0n) is 16.6. The minimum atomic E-state index is -1.29. The third-order valence-electron chi connectivity index (χ3n) is 5.03. The number of hydrogen-bond acceptors (Lipinski definition) is 6. The number of halogens is 1. The van der Waals surface area contributed by atoms with Crippen LogP contribution in [0.4, 0.5) is 4.79 Å². The Morgan fingerprint density at radius 3 is 2.71 bits per heavy atom. The number of amides is 4. The Balaban J connectivity index is 1.32. The molecule has 2 aliphatic heterocycles. The van der Waals surface area contributed by atoms with Crippen molar-refractivity contribution >= 4 is 41.2 Å². The summed E-state index contributed by atoms with van der Waals surface area (Å²) in [6.07, 6.45) is 0. The molecule has 162 valence electrons. The van der Waals surface area contributed by atoms with E-state index in [9.17, 15) is 14.4 Å². The molecule has 2 aromatic rings. The van der Waals surface area contributed by atoms with E-state index in [0.717, 1.165) is 9.80 Å². The molecule has 2 N–H and O–H groups in total. The second kappa shape index (κ2) is 8.68. The van der Waals surface area contributed by atoms with Gasteiger partial charge in [-0.25, -0.2) is 4.79 Å². The fraction of sp³-hybridized carbons (Fsp3) is 0.286. The average Bonchev–Trinajstić information content (AvgIpc) is 3.31. The number of nitrogens with zero attached hydrogens (tertiary/aromatic N) is 1. The normalized spacial score (nSPS) is 19.5. The van der Waals surface area contributed by atoms with E-state index in [1.807, 2.05) is 12.1 Å². The molecular formula is C21H20ClN3O5S. The van der Waals surface area contributed by atoms with E-state index < -0.39 is 23.4 Å². The summed E-state index contributed by atoms with van der Waals surface area (Å²) in [6.45, 7) is 1.76. The van der Waals surface area contributed by atoms with Gasteiger partial charge in [0.1, 0.15) is 12.1 Å². The van der Waals surface area contributed by atoms with Gasteiger partial charge in [0, 0.05) is 22.2 Å². The largest absolute Gasteiger partial charge is 0.454 e. The SMILES string of the molecule is C[C@]1(c2ccc3c(c2)OCO3)NC(=O)N(CC(=O)NCCSc2ccc(Cl)cc2)C1=O. The average molecular weight is 462 g/mol. The number of hydrogen-bond donors (Lipinski definition) is 2. The van der Waals surface area contributed by atoms with E-state index >= 15 is 0 Å². The topological polar surface area (TPSA) is 97.0 Å². The molecule has 4 amide bonds. The highest BCUT2D eigenvalue weighted by atomic mass is 35.5. The molecule has 0 bridgehead atoms. The van der Waals surface area contributed by atoms with Crippen LogP contribution in [0.2, 0.25) is 5.02 Å². The molecule has 0 aromatic heterocycles. The minimum Gasteiger partial charge on any atom is -0.454 e. The van der Waals surface area contributed by atoms with E-state index in [0.29, 0.717) is 34.4 Å². The van der Waals surface area contributed by atoms with Gasteiger partial charge in [-0.05, 0) is 48.9 Å². The predicted molar refractivity (Wildman–Crippen MR) is 115 cm³/mol. The first-order valence-electron chi connectivity index (χ1n) is 9.56. The van der Waals surface area contributed by atoms with E-state index in [1.165, 1.54) is 0 Å². The van der Waals surface area contributed by atoms with Crippen LogP contribution in [0.15, 0.2) is 47.4 Å². The Morgan fingerprint density at radius 2 is 1.94 bits per heavy atom. The summed E-state index contributed by atoms with van der Waals surface area (Å²) in [7, 11) is 0. The smallest absolute Gasteiger partial charge is 0.325 e. The molecule has 0 spiro atoms. The Labute approximate surface area is 188 Å². The lowest BCUT2D eigenvalue weighted by Gasteiger charge is -2.22. The second-order valence-electron chi connectivity index (χ2n) is 7.17. The van der Waals surface area contributed by atoms with Gasteiger partial charge in [-0.2, -0.15) is 0 Å². The maximum Gasteiger partial charge on any atom is 0.325 e. The lowest BCUT2D eigenvalue weighted by molar-refractivity contribution is -0.134. The van der Waals surface area contributed by atoms with Crippen molar-refractivity contribution in [2.24, 2.45) is 0 Å². The molecule has 2 aliphatic rings. The number of carbonyl (C=O) groups excluding carboxylic acids is 3. The van der Waals surface area contributed by atoms with Gasteiger partial charge in [0.05, 0.1) is 0 Å². The molecule has 10 heteroatoms. The van der Waals surface area contributed by atoms with Crippen molar-refractivity contribution in [3.05, 3.63) is 53.1 Å². The minimum absolute atomic E-state index is 0.110. The van der Waals surface area contributed by atoms with Crippen LogP contribution in [0.3, 0.4) is 0 Å². The first-order valence-corrected chi connectivity index (χ1v) is 10.9. The van der Waals surface area contributed by atoms with E-state index in [2.05, 4.69) is 10.6 Å². The maximum atomic E-state index is 13.0. The molecule has 31 heavy (non-hydrogen) atoms. The summed E-state index contributed by atoms with van der Waals surface area (Å²) in [4.78, 5) is 39.7. The molecule has 2 heterocycles. The first kappa shape index (κ1) is 21.3. The highest BCUT2D eigenvalue weighted by Crippen LogP contribution is 2.37. The molecule has 0 saturated carbocycles. The molecule has 0 aliphatic carbocycles. The van der Waals surface area contributed by atoms with Crippen LogP contribution in [0.25, 0.3) is 0 Å². The van der Waals surface area contributed by atoms with Gasteiger partial charge in [0.15, 0.2) is 11.5 Å². The van der Waals surface area contributed by atoms with Crippen LogP contribution in [-0.4, -0.2) is 48.4 Å². The summed E-state index contributed by atoms with van der Waals surface area (Å²) in [5.74, 6) is 0.826. The van der Waals surface area contributed by atoms with E-state index in [4.69, 9.17) is 21.1 Å². The molecular weight excluding hydrogens is 442 g/mol. The van der Waals surface area contributed by atoms with Gasteiger partial charge in [-0.15, -0.1) is 11.8 Å². The summed E-state index contributed by atoms with van der Waals surface area (Å²) in [6, 6.07) is 11.8. The molecule has 0 radical (unpaired) electrons. The zero-order chi connectivity index (χ0) is 22.0. The monoisotopic (exact) mass is 461 g/mol. The Morgan fingerprint density at radius 1 is 1.19 bits per heavy atom. The third kappa shape index (κ3) is 4.42. The highest BCUT2D eigenvalue weighted by Gasteiger charge is 2.49. The Hall–Kier alpha value is -2.91. The fourth-order valence-corrected chi connectivity index (χ4v) is 4.23. The standard InChI is InChI=1S/C21H20ClN3O5S/c1-21(13-2-7-16-17(10-13)30-12-29-16)19(27)25(20(28)24-21)11-18(26)23-8-9-31-15-5-3-14(22)4-6-15/h2-7,10H,8-9,11-12H2,1H3,(H,23,26)(H,24,28)/t21-/m1/s1. The van der Waals surface area contributed by atoms with Crippen molar-refractivity contribution in [1.82, 2.24) is 15.5 Å². The second-order valence-corrected chi connectivity index (χ2v) is 8.77. The molecule has 8 nitrogen and oxygen atoms in total. The van der Waals surface area contributed by atoms with Gasteiger partial charge in [-0.3, -0.25) is 14.5 Å². The number of carbonyl (C=O) groups is 3. The lowest BCUT2D eigenvalue weighted by atomic mass is 9.91. The Bertz CT molecular complexity index is 1030. The van der Waals surface area contributed by atoms with Crippen molar-refractivity contribution in [2.75, 3.05) is 25.6 Å². The fourth-order valence-electron chi connectivity index (χ4n) is 3.33. The van der Waals surface area contributed by atoms with Crippen molar-refractivity contribution in [2.45, 2.75) is 17.4 Å². The number of nitrogens with one attached hydrogen (secondary N) is 2. The number of rotatable bonds is 7. The van der Waals surface area contributed by atoms with E-state index in [-0.39, 0.29) is 13.3 Å². The van der Waals surface area contributed by atoms with Crippen molar-refractivity contribution in [3.63, 3.8) is 0 Å². The van der Waals surface area contributed by atoms with Crippen LogP contribution >= 0.6 is 23.4 Å². The number of fused-ring (bicyclic) bond motifs is 1. The summed E-state index contributed by atoms with van der Waals surface area (Å²) in [5.41, 5.74) is -0.736. The van der Waals surface area contributed by atoms with Gasteiger partial charge in [0.2, 0.25) is 12.7 Å². The number of thioether (sulfide) groups is 1. The molecule has 2 aromatic carbocycles. The van der Waals surface area contributed by atoms with Crippen molar-refractivity contribution in [3.8, 4) is 11.5 Å². The van der Waals surface area contributed by atoms with Gasteiger partial charge < -0.3 is 20.1 Å². The molecule has 1 fully saturated rings.